The van der Waals surface area contributed by atoms with E-state index in [4.69, 9.17) is 4.98 Å². The molecule has 0 atom stereocenters. The van der Waals surface area contributed by atoms with Crippen molar-refractivity contribution in [1.29, 1.82) is 0 Å². The molecule has 1 fully saturated rings. The van der Waals surface area contributed by atoms with Crippen LogP contribution in [-0.4, -0.2) is 24.6 Å². The summed E-state index contributed by atoms with van der Waals surface area (Å²) in [6, 6.07) is 4.53. The van der Waals surface area contributed by atoms with Gasteiger partial charge in [0.2, 0.25) is 0 Å². The van der Waals surface area contributed by atoms with Gasteiger partial charge in [-0.3, -0.25) is 0 Å². The van der Waals surface area contributed by atoms with Crippen LogP contribution in [0.25, 0.3) is 0 Å². The van der Waals surface area contributed by atoms with Gasteiger partial charge in [-0.25, -0.2) is 4.98 Å². The average Bonchev–Trinajstić information content (AvgIpc) is 2.44. The summed E-state index contributed by atoms with van der Waals surface area (Å²) in [5, 5.41) is 3.42. The molecule has 3 nitrogen and oxygen atoms in total. The molecule has 1 aliphatic heterocycles. The molecule has 0 amide bonds. The van der Waals surface area contributed by atoms with Crippen LogP contribution in [0.1, 0.15) is 57.2 Å². The average molecular weight is 275 g/mol. The Labute approximate surface area is 123 Å². The molecule has 1 aromatic rings. The highest BCUT2D eigenvalue weighted by molar-refractivity contribution is 5.43. The third-order valence-electron chi connectivity index (χ3n) is 4.05. The number of aromatic nitrogens is 1. The van der Waals surface area contributed by atoms with Gasteiger partial charge in [0, 0.05) is 25.3 Å². The fourth-order valence-electron chi connectivity index (χ4n) is 2.82. The molecule has 2 rings (SSSR count). The Morgan fingerprint density at radius 3 is 2.40 bits per heavy atom. The number of nitrogens with one attached hydrogen (secondary N) is 1. The maximum atomic E-state index is 4.85. The van der Waals surface area contributed by atoms with E-state index in [-0.39, 0.29) is 0 Å². The summed E-state index contributed by atoms with van der Waals surface area (Å²) in [6.07, 6.45) is 7.77. The minimum Gasteiger partial charge on any atom is -0.357 e. The number of nitrogens with zero attached hydrogens (tertiary/aromatic N) is 2. The molecule has 112 valence electrons. The Kier molecular flexibility index (Phi) is 6.31. The zero-order valence-electron chi connectivity index (χ0n) is 13.1. The predicted molar refractivity (Wildman–Crippen MR) is 86.3 cm³/mol. The molecule has 0 radical (unpaired) electrons. The van der Waals surface area contributed by atoms with Gasteiger partial charge in [-0.15, -0.1) is 0 Å². The zero-order chi connectivity index (χ0) is 14.2. The van der Waals surface area contributed by atoms with Crippen molar-refractivity contribution >= 4 is 5.82 Å². The summed E-state index contributed by atoms with van der Waals surface area (Å²) >= 11 is 0. The fourth-order valence-corrected chi connectivity index (χ4v) is 2.82. The van der Waals surface area contributed by atoms with Crippen molar-refractivity contribution < 1.29 is 0 Å². The molecule has 2 heterocycles. The van der Waals surface area contributed by atoms with Gasteiger partial charge in [0.25, 0.3) is 0 Å². The maximum absolute atomic E-state index is 4.85. The van der Waals surface area contributed by atoms with E-state index in [1.165, 1.54) is 62.3 Å². The molecular formula is C17H29N3. The summed E-state index contributed by atoms with van der Waals surface area (Å²) in [4.78, 5) is 7.35. The largest absolute Gasteiger partial charge is 0.357 e. The Hall–Kier alpha value is -1.09. The molecular weight excluding hydrogens is 246 g/mol. The first-order valence-corrected chi connectivity index (χ1v) is 8.29. The quantitative estimate of drug-likeness (QED) is 0.891. The van der Waals surface area contributed by atoms with Crippen LogP contribution in [0.3, 0.4) is 0 Å². The number of rotatable bonds is 5. The fraction of sp³-hybridized carbons (Fsp3) is 0.706. The predicted octanol–water partition coefficient (Wildman–Crippen LogP) is 3.52. The smallest absolute Gasteiger partial charge is 0.129 e. The molecule has 0 spiro atoms. The van der Waals surface area contributed by atoms with E-state index in [1.54, 1.807) is 0 Å². The van der Waals surface area contributed by atoms with E-state index in [0.717, 1.165) is 19.5 Å². The molecule has 1 aromatic heterocycles. The minimum atomic E-state index is 0.951. The SMILES string of the molecule is CCNCc1cc(CC)nc(N2CCCCCCC2)c1. The Bertz CT molecular complexity index is 395. The Morgan fingerprint density at radius 1 is 1.05 bits per heavy atom. The first kappa shape index (κ1) is 15.3. The molecule has 0 aromatic carbocycles. The third kappa shape index (κ3) is 4.48. The number of anilines is 1. The van der Waals surface area contributed by atoms with Gasteiger partial charge < -0.3 is 10.2 Å². The summed E-state index contributed by atoms with van der Waals surface area (Å²) in [5.41, 5.74) is 2.59. The van der Waals surface area contributed by atoms with Crippen molar-refractivity contribution in [2.75, 3.05) is 24.5 Å². The second kappa shape index (κ2) is 8.25. The van der Waals surface area contributed by atoms with E-state index in [9.17, 15) is 0 Å². The highest BCUT2D eigenvalue weighted by Crippen LogP contribution is 2.20. The van der Waals surface area contributed by atoms with E-state index in [0.29, 0.717) is 0 Å². The molecule has 0 unspecified atom stereocenters. The van der Waals surface area contributed by atoms with Crippen LogP contribution < -0.4 is 10.2 Å². The van der Waals surface area contributed by atoms with E-state index < -0.39 is 0 Å². The zero-order valence-corrected chi connectivity index (χ0v) is 13.1. The maximum Gasteiger partial charge on any atom is 0.129 e. The van der Waals surface area contributed by atoms with Crippen molar-refractivity contribution in [3.05, 3.63) is 23.4 Å². The lowest BCUT2D eigenvalue weighted by atomic mass is 10.1. The highest BCUT2D eigenvalue weighted by atomic mass is 15.2. The second-order valence-corrected chi connectivity index (χ2v) is 5.71. The molecule has 20 heavy (non-hydrogen) atoms. The first-order valence-electron chi connectivity index (χ1n) is 8.29. The Morgan fingerprint density at radius 2 is 1.75 bits per heavy atom. The lowest BCUT2D eigenvalue weighted by molar-refractivity contribution is 0.553. The van der Waals surface area contributed by atoms with Crippen LogP contribution in [0, 0.1) is 0 Å². The van der Waals surface area contributed by atoms with Gasteiger partial charge in [0.1, 0.15) is 5.82 Å². The minimum absolute atomic E-state index is 0.951. The molecule has 1 saturated heterocycles. The molecule has 0 saturated carbocycles. The number of hydrogen-bond donors (Lipinski definition) is 1. The molecule has 0 aliphatic carbocycles. The van der Waals surface area contributed by atoms with Gasteiger partial charge in [0.05, 0.1) is 0 Å². The van der Waals surface area contributed by atoms with Gasteiger partial charge in [0.15, 0.2) is 0 Å². The van der Waals surface area contributed by atoms with Gasteiger partial charge >= 0.3 is 0 Å². The molecule has 1 N–H and O–H groups in total. The van der Waals surface area contributed by atoms with Crippen molar-refractivity contribution in [3.63, 3.8) is 0 Å². The van der Waals surface area contributed by atoms with Crippen molar-refractivity contribution in [2.24, 2.45) is 0 Å². The van der Waals surface area contributed by atoms with Crippen molar-refractivity contribution in [3.8, 4) is 0 Å². The first-order chi connectivity index (χ1) is 9.83. The standard InChI is InChI=1S/C17H29N3/c1-3-16-12-15(14-18-4-2)13-17(19-16)20-10-8-6-5-7-9-11-20/h12-13,18H,3-11,14H2,1-2H3. The lowest BCUT2D eigenvalue weighted by Gasteiger charge is -2.26. The molecule has 3 heteroatoms. The van der Waals surface area contributed by atoms with Crippen LogP contribution in [0.4, 0.5) is 5.82 Å². The highest BCUT2D eigenvalue weighted by Gasteiger charge is 2.12. The van der Waals surface area contributed by atoms with Crippen LogP contribution in [0.5, 0.6) is 0 Å². The van der Waals surface area contributed by atoms with Crippen LogP contribution in [0.15, 0.2) is 12.1 Å². The number of pyridine rings is 1. The van der Waals surface area contributed by atoms with Gasteiger partial charge in [-0.1, -0.05) is 33.1 Å². The number of aryl methyl sites for hydroxylation is 1. The summed E-state index contributed by atoms with van der Waals surface area (Å²) in [7, 11) is 0. The van der Waals surface area contributed by atoms with Crippen LogP contribution in [0.2, 0.25) is 0 Å². The summed E-state index contributed by atoms with van der Waals surface area (Å²) in [6.45, 7) is 8.65. The Balaban J connectivity index is 2.14. The van der Waals surface area contributed by atoms with Crippen molar-refractivity contribution in [1.82, 2.24) is 10.3 Å². The van der Waals surface area contributed by atoms with E-state index in [2.05, 4.69) is 36.2 Å². The topological polar surface area (TPSA) is 28.2 Å². The lowest BCUT2D eigenvalue weighted by Crippen LogP contribution is -2.28. The van der Waals surface area contributed by atoms with Crippen LogP contribution in [-0.2, 0) is 13.0 Å². The van der Waals surface area contributed by atoms with Gasteiger partial charge in [-0.2, -0.15) is 0 Å². The second-order valence-electron chi connectivity index (χ2n) is 5.71. The van der Waals surface area contributed by atoms with E-state index >= 15 is 0 Å². The summed E-state index contributed by atoms with van der Waals surface area (Å²) in [5.74, 6) is 1.19. The monoisotopic (exact) mass is 275 g/mol. The normalized spacial score (nSPS) is 16.8. The van der Waals surface area contributed by atoms with E-state index in [1.807, 2.05) is 0 Å². The van der Waals surface area contributed by atoms with Crippen molar-refractivity contribution in [2.45, 2.75) is 58.9 Å². The van der Waals surface area contributed by atoms with Gasteiger partial charge in [-0.05, 0) is 43.5 Å². The number of hydrogen-bond acceptors (Lipinski definition) is 3. The van der Waals surface area contributed by atoms with Crippen LogP contribution >= 0.6 is 0 Å². The molecule has 1 aliphatic rings. The third-order valence-corrected chi connectivity index (χ3v) is 4.05. The molecule has 0 bridgehead atoms. The summed E-state index contributed by atoms with van der Waals surface area (Å²) < 4.78 is 0.